The SMILES string of the molecule is CC(C)(C)OC(=O)NN(Cc1ccc([N+](=O)[O-])cc1)c1ccccc1. The molecule has 7 heteroatoms. The number of hydrogen-bond donors (Lipinski definition) is 1. The van der Waals surface area contributed by atoms with Crippen LogP contribution in [0.15, 0.2) is 54.6 Å². The van der Waals surface area contributed by atoms with Crippen LogP contribution in [0.2, 0.25) is 0 Å². The molecule has 0 spiro atoms. The number of benzene rings is 2. The molecule has 0 bridgehead atoms. The summed E-state index contributed by atoms with van der Waals surface area (Å²) in [6.45, 7) is 5.70. The highest BCUT2D eigenvalue weighted by Crippen LogP contribution is 2.18. The lowest BCUT2D eigenvalue weighted by molar-refractivity contribution is -0.384. The molecule has 0 atom stereocenters. The van der Waals surface area contributed by atoms with Crippen molar-refractivity contribution in [3.8, 4) is 0 Å². The van der Waals surface area contributed by atoms with Crippen LogP contribution in [0.4, 0.5) is 16.2 Å². The van der Waals surface area contributed by atoms with E-state index in [1.54, 1.807) is 37.9 Å². The first kappa shape index (κ1) is 18.3. The van der Waals surface area contributed by atoms with Crippen molar-refractivity contribution in [2.45, 2.75) is 32.9 Å². The lowest BCUT2D eigenvalue weighted by atomic mass is 10.2. The number of hydrazine groups is 1. The van der Waals surface area contributed by atoms with Gasteiger partial charge in [-0.1, -0.05) is 30.3 Å². The van der Waals surface area contributed by atoms with Crippen LogP contribution >= 0.6 is 0 Å². The molecule has 25 heavy (non-hydrogen) atoms. The van der Waals surface area contributed by atoms with Crippen LogP contribution in [0, 0.1) is 10.1 Å². The predicted octanol–water partition coefficient (Wildman–Crippen LogP) is 4.04. The summed E-state index contributed by atoms with van der Waals surface area (Å²) < 4.78 is 5.30. The number of hydrogen-bond acceptors (Lipinski definition) is 5. The standard InChI is InChI=1S/C18H21N3O4/c1-18(2,3)25-17(22)19-20(15-7-5-4-6-8-15)13-14-9-11-16(12-10-14)21(23)24/h4-12H,13H2,1-3H3,(H,19,22). The molecular weight excluding hydrogens is 322 g/mol. The van der Waals surface area contributed by atoms with Crippen LogP contribution in [0.5, 0.6) is 0 Å². The number of rotatable bonds is 5. The lowest BCUT2D eigenvalue weighted by Crippen LogP contribution is -2.44. The van der Waals surface area contributed by atoms with Crippen LogP contribution in [0.3, 0.4) is 0 Å². The first-order valence-electron chi connectivity index (χ1n) is 7.80. The van der Waals surface area contributed by atoms with Crippen molar-refractivity contribution in [1.29, 1.82) is 0 Å². The van der Waals surface area contributed by atoms with Gasteiger partial charge in [-0.2, -0.15) is 0 Å². The van der Waals surface area contributed by atoms with Crippen LogP contribution < -0.4 is 10.4 Å². The zero-order valence-electron chi connectivity index (χ0n) is 14.4. The largest absolute Gasteiger partial charge is 0.443 e. The summed E-state index contributed by atoms with van der Waals surface area (Å²) in [5, 5.41) is 12.4. The minimum absolute atomic E-state index is 0.0233. The van der Waals surface area contributed by atoms with E-state index >= 15 is 0 Å². The number of nitro benzene ring substituents is 1. The molecule has 1 N–H and O–H groups in total. The Labute approximate surface area is 146 Å². The van der Waals surface area contributed by atoms with E-state index in [2.05, 4.69) is 5.43 Å². The number of non-ortho nitro benzene ring substituents is 1. The second-order valence-electron chi connectivity index (χ2n) is 6.46. The molecule has 0 radical (unpaired) electrons. The Kier molecular flexibility index (Phi) is 5.59. The molecule has 1 amide bonds. The normalized spacial score (nSPS) is 10.8. The molecule has 7 nitrogen and oxygen atoms in total. The maximum atomic E-state index is 12.1. The van der Waals surface area contributed by atoms with E-state index in [1.807, 2.05) is 30.3 Å². The molecule has 2 aromatic rings. The van der Waals surface area contributed by atoms with Crippen molar-refractivity contribution in [2.24, 2.45) is 0 Å². The Morgan fingerprint density at radius 1 is 1.12 bits per heavy atom. The number of anilines is 1. The molecule has 0 saturated carbocycles. The van der Waals surface area contributed by atoms with Gasteiger partial charge in [0.05, 0.1) is 17.2 Å². The van der Waals surface area contributed by atoms with Crippen molar-refractivity contribution in [1.82, 2.24) is 5.43 Å². The van der Waals surface area contributed by atoms with Gasteiger partial charge in [0, 0.05) is 12.1 Å². The Hall–Kier alpha value is -3.09. The molecule has 2 rings (SSSR count). The van der Waals surface area contributed by atoms with Gasteiger partial charge in [0.15, 0.2) is 0 Å². The van der Waals surface area contributed by atoms with E-state index in [9.17, 15) is 14.9 Å². The number of ether oxygens (including phenoxy) is 1. The molecule has 0 aliphatic heterocycles. The summed E-state index contributed by atoms with van der Waals surface area (Å²) in [6.07, 6.45) is -0.571. The number of carbonyl (C=O) groups excluding carboxylic acids is 1. The fourth-order valence-corrected chi connectivity index (χ4v) is 2.12. The summed E-state index contributed by atoms with van der Waals surface area (Å²) >= 11 is 0. The van der Waals surface area contributed by atoms with E-state index < -0.39 is 16.6 Å². The van der Waals surface area contributed by atoms with Gasteiger partial charge in [-0.3, -0.25) is 15.1 Å². The Bertz CT molecular complexity index is 724. The Balaban J connectivity index is 2.17. The molecule has 0 saturated heterocycles. The second-order valence-corrected chi connectivity index (χ2v) is 6.46. The Morgan fingerprint density at radius 2 is 1.72 bits per heavy atom. The van der Waals surface area contributed by atoms with E-state index in [1.165, 1.54) is 12.1 Å². The van der Waals surface area contributed by atoms with Crippen molar-refractivity contribution in [3.63, 3.8) is 0 Å². The highest BCUT2D eigenvalue weighted by Gasteiger charge is 2.19. The minimum atomic E-state index is -0.611. The Morgan fingerprint density at radius 3 is 2.24 bits per heavy atom. The van der Waals surface area contributed by atoms with Gasteiger partial charge >= 0.3 is 6.09 Å². The predicted molar refractivity (Wildman–Crippen MR) is 95.1 cm³/mol. The van der Waals surface area contributed by atoms with Crippen molar-refractivity contribution >= 4 is 17.5 Å². The number of nitrogens with one attached hydrogen (secondary N) is 1. The number of para-hydroxylation sites is 1. The first-order chi connectivity index (χ1) is 11.7. The molecule has 0 heterocycles. The third-order valence-corrected chi connectivity index (χ3v) is 3.18. The first-order valence-corrected chi connectivity index (χ1v) is 7.80. The topological polar surface area (TPSA) is 84.7 Å². The molecule has 132 valence electrons. The van der Waals surface area contributed by atoms with Crippen LogP contribution in [0.1, 0.15) is 26.3 Å². The van der Waals surface area contributed by atoms with Crippen molar-refractivity contribution < 1.29 is 14.5 Å². The van der Waals surface area contributed by atoms with Gasteiger partial charge in [-0.05, 0) is 38.5 Å². The third-order valence-electron chi connectivity index (χ3n) is 3.18. The second kappa shape index (κ2) is 7.65. The summed E-state index contributed by atoms with van der Waals surface area (Å²) in [5.74, 6) is 0. The molecule has 0 unspecified atom stereocenters. The van der Waals surface area contributed by atoms with Crippen LogP contribution in [-0.2, 0) is 11.3 Å². The zero-order chi connectivity index (χ0) is 18.4. The molecular formula is C18H21N3O4. The van der Waals surface area contributed by atoms with Gasteiger partial charge in [-0.15, -0.1) is 0 Å². The molecule has 2 aromatic carbocycles. The van der Waals surface area contributed by atoms with Gasteiger partial charge in [-0.25, -0.2) is 10.2 Å². The summed E-state index contributed by atoms with van der Waals surface area (Å²) in [6, 6.07) is 15.5. The summed E-state index contributed by atoms with van der Waals surface area (Å²) in [4.78, 5) is 22.4. The summed E-state index contributed by atoms with van der Waals surface area (Å²) in [5.41, 5.74) is 3.71. The van der Waals surface area contributed by atoms with Crippen LogP contribution in [0.25, 0.3) is 0 Å². The average Bonchev–Trinajstić information content (AvgIpc) is 2.54. The maximum Gasteiger partial charge on any atom is 0.426 e. The molecule has 0 fully saturated rings. The van der Waals surface area contributed by atoms with Gasteiger partial charge < -0.3 is 4.74 Å². The van der Waals surface area contributed by atoms with E-state index in [0.717, 1.165) is 11.3 Å². The summed E-state index contributed by atoms with van der Waals surface area (Å²) in [7, 11) is 0. The van der Waals surface area contributed by atoms with E-state index in [4.69, 9.17) is 4.74 Å². The van der Waals surface area contributed by atoms with Gasteiger partial charge in [0.1, 0.15) is 5.60 Å². The van der Waals surface area contributed by atoms with Gasteiger partial charge in [0.25, 0.3) is 5.69 Å². The van der Waals surface area contributed by atoms with Crippen molar-refractivity contribution in [2.75, 3.05) is 5.01 Å². The highest BCUT2D eigenvalue weighted by molar-refractivity contribution is 5.70. The molecule has 0 aromatic heterocycles. The monoisotopic (exact) mass is 343 g/mol. The number of nitro groups is 1. The fourth-order valence-electron chi connectivity index (χ4n) is 2.12. The maximum absolute atomic E-state index is 12.1. The number of nitrogens with zero attached hydrogens (tertiary/aromatic N) is 2. The number of carbonyl (C=O) groups is 1. The average molecular weight is 343 g/mol. The quantitative estimate of drug-likeness (QED) is 0.654. The van der Waals surface area contributed by atoms with Crippen molar-refractivity contribution in [3.05, 3.63) is 70.3 Å². The van der Waals surface area contributed by atoms with E-state index in [-0.39, 0.29) is 5.69 Å². The zero-order valence-corrected chi connectivity index (χ0v) is 14.4. The van der Waals surface area contributed by atoms with Gasteiger partial charge in [0.2, 0.25) is 0 Å². The van der Waals surface area contributed by atoms with Crippen LogP contribution in [-0.4, -0.2) is 16.6 Å². The van der Waals surface area contributed by atoms with E-state index in [0.29, 0.717) is 6.54 Å². The lowest BCUT2D eigenvalue weighted by Gasteiger charge is -2.27. The smallest absolute Gasteiger partial charge is 0.426 e. The fraction of sp³-hybridized carbons (Fsp3) is 0.278. The minimum Gasteiger partial charge on any atom is -0.443 e. The molecule has 0 aliphatic carbocycles. The third kappa shape index (κ3) is 5.80. The number of amides is 1. The highest BCUT2D eigenvalue weighted by atomic mass is 16.6. The molecule has 0 aliphatic rings.